The maximum absolute atomic E-state index is 13.1. The molecule has 0 aliphatic carbocycles. The minimum atomic E-state index is -0.437. The number of carbonyl (C=O) groups is 1. The predicted molar refractivity (Wildman–Crippen MR) is 63.5 cm³/mol. The average molecular weight is 235 g/mol. The van der Waals surface area contributed by atoms with E-state index in [-0.39, 0.29) is 12.5 Å². The van der Waals surface area contributed by atoms with Crippen LogP contribution in [0.15, 0.2) is 18.2 Å². The molecule has 90 valence electrons. The zero-order chi connectivity index (χ0) is 12.8. The van der Waals surface area contributed by atoms with Crippen molar-refractivity contribution in [3.8, 4) is 11.8 Å². The van der Waals surface area contributed by atoms with Crippen LogP contribution in [0.3, 0.4) is 0 Å². The standard InChI is InChI=1S/C12H14FN3O/c1-16(2)15-12(17)11-6-5-10(13)8-9(11)4-3-7-14/h5-6,8H,7,14H2,1-2H3,(H,15,17). The van der Waals surface area contributed by atoms with Crippen LogP contribution >= 0.6 is 0 Å². The van der Waals surface area contributed by atoms with Gasteiger partial charge in [0.2, 0.25) is 0 Å². The molecule has 0 bridgehead atoms. The van der Waals surface area contributed by atoms with E-state index in [9.17, 15) is 9.18 Å². The number of hydrazine groups is 1. The Balaban J connectivity index is 3.09. The molecule has 1 rings (SSSR count). The summed E-state index contributed by atoms with van der Waals surface area (Å²) in [6.07, 6.45) is 0. The monoisotopic (exact) mass is 235 g/mol. The maximum atomic E-state index is 13.1. The van der Waals surface area contributed by atoms with Gasteiger partial charge in [-0.05, 0) is 18.2 Å². The molecule has 0 spiro atoms. The number of rotatable bonds is 2. The third-order valence-corrected chi connectivity index (χ3v) is 1.88. The molecule has 0 unspecified atom stereocenters. The predicted octanol–water partition coefficient (Wildman–Crippen LogP) is 0.342. The molecule has 3 N–H and O–H groups in total. The van der Waals surface area contributed by atoms with Crippen LogP contribution in [0, 0.1) is 17.7 Å². The van der Waals surface area contributed by atoms with E-state index in [4.69, 9.17) is 5.73 Å². The van der Waals surface area contributed by atoms with Crippen LogP contribution in [0.5, 0.6) is 0 Å². The topological polar surface area (TPSA) is 58.4 Å². The summed E-state index contributed by atoms with van der Waals surface area (Å²) < 4.78 is 13.1. The Hall–Kier alpha value is -1.90. The number of nitrogens with two attached hydrogens (primary N) is 1. The van der Waals surface area contributed by atoms with Crippen molar-refractivity contribution in [2.45, 2.75) is 0 Å². The van der Waals surface area contributed by atoms with Crippen molar-refractivity contribution in [1.82, 2.24) is 10.4 Å². The Morgan fingerprint density at radius 1 is 1.53 bits per heavy atom. The van der Waals surface area contributed by atoms with E-state index in [0.29, 0.717) is 11.1 Å². The fourth-order valence-corrected chi connectivity index (χ4v) is 1.23. The number of halogens is 1. The molecule has 0 aromatic heterocycles. The van der Waals surface area contributed by atoms with Gasteiger partial charge in [0.15, 0.2) is 0 Å². The Bertz CT molecular complexity index is 474. The van der Waals surface area contributed by atoms with Gasteiger partial charge < -0.3 is 5.73 Å². The summed E-state index contributed by atoms with van der Waals surface area (Å²) in [5.74, 6) is 4.50. The summed E-state index contributed by atoms with van der Waals surface area (Å²) in [4.78, 5) is 11.8. The summed E-state index contributed by atoms with van der Waals surface area (Å²) in [6.45, 7) is 0.158. The molecular weight excluding hydrogens is 221 g/mol. The van der Waals surface area contributed by atoms with Gasteiger partial charge >= 0.3 is 0 Å². The molecule has 1 aromatic carbocycles. The van der Waals surface area contributed by atoms with Crippen molar-refractivity contribution in [2.75, 3.05) is 20.6 Å². The van der Waals surface area contributed by atoms with E-state index in [2.05, 4.69) is 17.3 Å². The summed E-state index contributed by atoms with van der Waals surface area (Å²) >= 11 is 0. The molecule has 5 heteroatoms. The summed E-state index contributed by atoms with van der Waals surface area (Å²) in [6, 6.07) is 3.83. The van der Waals surface area contributed by atoms with Gasteiger partial charge in [-0.1, -0.05) is 11.8 Å². The second-order valence-corrected chi connectivity index (χ2v) is 3.53. The van der Waals surface area contributed by atoms with Crippen molar-refractivity contribution >= 4 is 5.91 Å². The molecule has 0 radical (unpaired) electrons. The van der Waals surface area contributed by atoms with Crippen molar-refractivity contribution in [3.05, 3.63) is 35.1 Å². The van der Waals surface area contributed by atoms with Gasteiger partial charge in [0.1, 0.15) is 5.82 Å². The average Bonchev–Trinajstić information content (AvgIpc) is 2.25. The number of hydrogen-bond donors (Lipinski definition) is 2. The number of amides is 1. The SMILES string of the molecule is CN(C)NC(=O)c1ccc(F)cc1C#CCN. The van der Waals surface area contributed by atoms with Gasteiger partial charge in [0, 0.05) is 19.7 Å². The van der Waals surface area contributed by atoms with Crippen molar-refractivity contribution in [3.63, 3.8) is 0 Å². The number of carbonyl (C=O) groups excluding carboxylic acids is 1. The lowest BCUT2D eigenvalue weighted by molar-refractivity contribution is 0.0856. The second kappa shape index (κ2) is 5.99. The van der Waals surface area contributed by atoms with E-state index < -0.39 is 5.82 Å². The van der Waals surface area contributed by atoms with Crippen LogP contribution in [0.1, 0.15) is 15.9 Å². The van der Waals surface area contributed by atoms with Crippen LogP contribution in [0.25, 0.3) is 0 Å². The third kappa shape index (κ3) is 3.87. The highest BCUT2D eigenvalue weighted by Gasteiger charge is 2.11. The van der Waals surface area contributed by atoms with Gasteiger partial charge in [0.25, 0.3) is 5.91 Å². The first-order chi connectivity index (χ1) is 8.04. The van der Waals surface area contributed by atoms with Gasteiger partial charge in [-0.2, -0.15) is 0 Å². The van der Waals surface area contributed by atoms with Gasteiger partial charge in [0.05, 0.1) is 12.1 Å². The van der Waals surface area contributed by atoms with Gasteiger partial charge in [-0.15, -0.1) is 0 Å². The number of hydrogen-bond acceptors (Lipinski definition) is 3. The summed E-state index contributed by atoms with van der Waals surface area (Å²) in [5.41, 5.74) is 8.46. The van der Waals surface area contributed by atoms with Crippen LogP contribution < -0.4 is 11.2 Å². The minimum absolute atomic E-state index is 0.158. The first-order valence-corrected chi connectivity index (χ1v) is 5.01. The molecule has 0 saturated carbocycles. The van der Waals surface area contributed by atoms with Crippen molar-refractivity contribution in [1.29, 1.82) is 0 Å². The van der Waals surface area contributed by atoms with Crippen LogP contribution in [-0.2, 0) is 0 Å². The fraction of sp³-hybridized carbons (Fsp3) is 0.250. The normalized spacial score (nSPS) is 9.71. The molecule has 1 aromatic rings. The number of nitrogens with one attached hydrogen (secondary N) is 1. The zero-order valence-electron chi connectivity index (χ0n) is 9.75. The second-order valence-electron chi connectivity index (χ2n) is 3.53. The van der Waals surface area contributed by atoms with Crippen molar-refractivity contribution < 1.29 is 9.18 Å². The Morgan fingerprint density at radius 3 is 2.82 bits per heavy atom. The van der Waals surface area contributed by atoms with E-state index in [0.717, 1.165) is 0 Å². The number of benzene rings is 1. The lowest BCUT2D eigenvalue weighted by Gasteiger charge is -2.12. The fourth-order valence-electron chi connectivity index (χ4n) is 1.23. The van der Waals surface area contributed by atoms with E-state index in [1.54, 1.807) is 14.1 Å². The highest BCUT2D eigenvalue weighted by molar-refractivity contribution is 5.96. The molecule has 0 heterocycles. The summed E-state index contributed by atoms with van der Waals surface area (Å²) in [7, 11) is 3.37. The van der Waals surface area contributed by atoms with Crippen LogP contribution in [-0.4, -0.2) is 31.6 Å². The van der Waals surface area contributed by atoms with Crippen molar-refractivity contribution in [2.24, 2.45) is 5.73 Å². The molecule has 0 fully saturated rings. The first-order valence-electron chi connectivity index (χ1n) is 5.01. The molecule has 17 heavy (non-hydrogen) atoms. The maximum Gasteiger partial charge on any atom is 0.266 e. The highest BCUT2D eigenvalue weighted by atomic mass is 19.1. The van der Waals surface area contributed by atoms with Crippen LogP contribution in [0.2, 0.25) is 0 Å². The van der Waals surface area contributed by atoms with E-state index in [1.165, 1.54) is 23.2 Å². The Morgan fingerprint density at radius 2 is 2.24 bits per heavy atom. The third-order valence-electron chi connectivity index (χ3n) is 1.88. The first kappa shape index (κ1) is 13.2. The lowest BCUT2D eigenvalue weighted by Crippen LogP contribution is -2.36. The highest BCUT2D eigenvalue weighted by Crippen LogP contribution is 2.10. The van der Waals surface area contributed by atoms with Gasteiger partial charge in [-0.3, -0.25) is 10.2 Å². The minimum Gasteiger partial charge on any atom is -0.320 e. The Labute approximate surface area is 99.6 Å². The molecule has 0 saturated heterocycles. The molecule has 0 atom stereocenters. The van der Waals surface area contributed by atoms with E-state index in [1.807, 2.05) is 0 Å². The van der Waals surface area contributed by atoms with Crippen LogP contribution in [0.4, 0.5) is 4.39 Å². The Kier molecular flexibility index (Phi) is 4.64. The lowest BCUT2D eigenvalue weighted by atomic mass is 10.1. The largest absolute Gasteiger partial charge is 0.320 e. The molecule has 4 nitrogen and oxygen atoms in total. The van der Waals surface area contributed by atoms with Gasteiger partial charge in [-0.25, -0.2) is 9.40 Å². The molecule has 0 aliphatic rings. The molecular formula is C12H14FN3O. The quantitative estimate of drug-likeness (QED) is 0.574. The molecule has 0 aliphatic heterocycles. The summed E-state index contributed by atoms with van der Waals surface area (Å²) in [5, 5.41) is 1.51. The molecule has 1 amide bonds. The van der Waals surface area contributed by atoms with E-state index >= 15 is 0 Å². The number of nitrogens with zero attached hydrogens (tertiary/aromatic N) is 1. The smallest absolute Gasteiger partial charge is 0.266 e. The zero-order valence-corrected chi connectivity index (χ0v) is 9.75.